The van der Waals surface area contributed by atoms with Crippen molar-refractivity contribution in [1.82, 2.24) is 10.1 Å². The van der Waals surface area contributed by atoms with Crippen molar-refractivity contribution < 1.29 is 9.09 Å². The average molecular weight is 333 g/mol. The van der Waals surface area contributed by atoms with Gasteiger partial charge in [-0.1, -0.05) is 18.2 Å². The summed E-state index contributed by atoms with van der Waals surface area (Å²) in [6, 6.07) is 13.7. The molecule has 0 aliphatic heterocycles. The number of aromatic nitrogens is 1. The first-order valence-corrected chi connectivity index (χ1v) is 9.61. The van der Waals surface area contributed by atoms with Crippen LogP contribution in [0.15, 0.2) is 48.7 Å². The van der Waals surface area contributed by atoms with Crippen molar-refractivity contribution in [2.75, 3.05) is 25.5 Å². The lowest BCUT2D eigenvalue weighted by Gasteiger charge is -2.19. The van der Waals surface area contributed by atoms with Crippen LogP contribution in [0.5, 0.6) is 0 Å². The second-order valence-electron chi connectivity index (χ2n) is 5.18. The van der Waals surface area contributed by atoms with Crippen LogP contribution in [0, 0.1) is 0 Å². The molecule has 1 unspecified atom stereocenters. The van der Waals surface area contributed by atoms with Crippen molar-refractivity contribution in [3.63, 3.8) is 0 Å². The van der Waals surface area contributed by atoms with Crippen LogP contribution >= 0.6 is 7.52 Å². The van der Waals surface area contributed by atoms with E-state index in [0.717, 1.165) is 23.4 Å². The SMILES string of the molecule is CCOP(=O)(Cc1ccc(NC)cc1)NCCc1ccccn1. The van der Waals surface area contributed by atoms with Gasteiger partial charge in [0.15, 0.2) is 0 Å². The van der Waals surface area contributed by atoms with Crippen molar-refractivity contribution in [1.29, 1.82) is 0 Å². The Hall–Kier alpha value is -1.68. The third-order valence-electron chi connectivity index (χ3n) is 3.43. The highest BCUT2D eigenvalue weighted by molar-refractivity contribution is 7.56. The minimum atomic E-state index is -2.90. The molecule has 6 heteroatoms. The van der Waals surface area contributed by atoms with Gasteiger partial charge in [0.05, 0.1) is 12.8 Å². The number of nitrogens with zero attached hydrogens (tertiary/aromatic N) is 1. The first-order chi connectivity index (χ1) is 11.1. The Morgan fingerprint density at radius 1 is 1.17 bits per heavy atom. The van der Waals surface area contributed by atoms with Crippen LogP contribution in [0.1, 0.15) is 18.2 Å². The summed E-state index contributed by atoms with van der Waals surface area (Å²) in [4.78, 5) is 4.27. The molecule has 0 radical (unpaired) electrons. The van der Waals surface area contributed by atoms with Crippen LogP contribution in [0.3, 0.4) is 0 Å². The Kier molecular flexibility index (Phi) is 6.78. The number of rotatable bonds is 9. The Balaban J connectivity index is 1.95. The minimum Gasteiger partial charge on any atom is -0.388 e. The number of pyridine rings is 1. The maximum atomic E-state index is 13.0. The molecule has 1 aromatic heterocycles. The number of nitrogens with one attached hydrogen (secondary N) is 2. The molecule has 1 heterocycles. The van der Waals surface area contributed by atoms with Gasteiger partial charge in [-0.15, -0.1) is 0 Å². The second-order valence-corrected chi connectivity index (χ2v) is 7.41. The average Bonchev–Trinajstić information content (AvgIpc) is 2.57. The predicted molar refractivity (Wildman–Crippen MR) is 94.9 cm³/mol. The second kappa shape index (κ2) is 8.82. The summed E-state index contributed by atoms with van der Waals surface area (Å²) < 4.78 is 18.5. The summed E-state index contributed by atoms with van der Waals surface area (Å²) in [5.74, 6) is 0. The molecule has 0 aliphatic rings. The summed E-state index contributed by atoms with van der Waals surface area (Å²) in [5.41, 5.74) is 3.00. The summed E-state index contributed by atoms with van der Waals surface area (Å²) >= 11 is 0. The number of hydrogen-bond acceptors (Lipinski definition) is 4. The normalized spacial score (nSPS) is 13.5. The molecule has 1 atom stereocenters. The molecule has 0 spiro atoms. The Labute approximate surface area is 138 Å². The highest BCUT2D eigenvalue weighted by Gasteiger charge is 2.22. The molecule has 0 saturated carbocycles. The van der Waals surface area contributed by atoms with Crippen molar-refractivity contribution in [3.05, 3.63) is 59.9 Å². The fourth-order valence-corrected chi connectivity index (χ4v) is 4.13. The van der Waals surface area contributed by atoms with Crippen LogP contribution in [-0.4, -0.2) is 25.2 Å². The molecule has 2 N–H and O–H groups in total. The standard InChI is InChI=1S/C17H24N3O2P/c1-3-22-23(21,14-15-7-9-16(18-2)10-8-15)20-13-11-17-6-4-5-12-19-17/h4-10,12,18H,3,11,13-14H2,1-2H3,(H,20,21). The Morgan fingerprint density at radius 2 is 1.96 bits per heavy atom. The zero-order valence-electron chi connectivity index (χ0n) is 13.7. The highest BCUT2D eigenvalue weighted by Crippen LogP contribution is 2.45. The molecule has 0 saturated heterocycles. The molecular weight excluding hydrogens is 309 g/mol. The summed E-state index contributed by atoms with van der Waals surface area (Å²) in [7, 11) is -1.03. The molecule has 2 aromatic rings. The lowest BCUT2D eigenvalue weighted by Crippen LogP contribution is -2.17. The monoisotopic (exact) mass is 333 g/mol. The van der Waals surface area contributed by atoms with Crippen molar-refractivity contribution in [2.45, 2.75) is 19.5 Å². The van der Waals surface area contributed by atoms with Gasteiger partial charge in [-0.2, -0.15) is 0 Å². The molecule has 5 nitrogen and oxygen atoms in total. The van der Waals surface area contributed by atoms with E-state index in [1.54, 1.807) is 6.20 Å². The first kappa shape index (κ1) is 17.7. The number of anilines is 1. The highest BCUT2D eigenvalue weighted by atomic mass is 31.2. The van der Waals surface area contributed by atoms with Crippen LogP contribution < -0.4 is 10.4 Å². The molecular formula is C17H24N3O2P. The van der Waals surface area contributed by atoms with E-state index in [4.69, 9.17) is 4.52 Å². The molecule has 0 fully saturated rings. The van der Waals surface area contributed by atoms with Gasteiger partial charge in [0.25, 0.3) is 7.52 Å². The summed E-state index contributed by atoms with van der Waals surface area (Å²) in [5, 5.41) is 6.17. The molecule has 1 aromatic carbocycles. The molecule has 0 bridgehead atoms. The third-order valence-corrected chi connectivity index (χ3v) is 5.59. The van der Waals surface area contributed by atoms with Gasteiger partial charge in [-0.3, -0.25) is 9.55 Å². The van der Waals surface area contributed by atoms with E-state index >= 15 is 0 Å². The lowest BCUT2D eigenvalue weighted by atomic mass is 10.2. The third kappa shape index (κ3) is 5.79. The summed E-state index contributed by atoms with van der Waals surface area (Å²) in [6.07, 6.45) is 2.87. The zero-order chi connectivity index (χ0) is 16.5. The van der Waals surface area contributed by atoms with E-state index in [-0.39, 0.29) is 0 Å². The fraction of sp³-hybridized carbons (Fsp3) is 0.353. The maximum Gasteiger partial charge on any atom is 0.274 e. The lowest BCUT2D eigenvalue weighted by molar-refractivity contribution is 0.323. The molecule has 124 valence electrons. The van der Waals surface area contributed by atoms with Gasteiger partial charge < -0.3 is 9.84 Å². The van der Waals surface area contributed by atoms with Crippen molar-refractivity contribution in [2.24, 2.45) is 0 Å². The topological polar surface area (TPSA) is 63.2 Å². The predicted octanol–water partition coefficient (Wildman–Crippen LogP) is 3.69. The first-order valence-electron chi connectivity index (χ1n) is 7.80. The van der Waals surface area contributed by atoms with Crippen LogP contribution in [-0.2, 0) is 21.7 Å². The molecule has 0 amide bonds. The van der Waals surface area contributed by atoms with Gasteiger partial charge in [0.1, 0.15) is 0 Å². The van der Waals surface area contributed by atoms with E-state index < -0.39 is 7.52 Å². The van der Waals surface area contributed by atoms with Crippen LogP contribution in [0.25, 0.3) is 0 Å². The van der Waals surface area contributed by atoms with E-state index in [1.807, 2.05) is 56.4 Å². The largest absolute Gasteiger partial charge is 0.388 e. The van der Waals surface area contributed by atoms with Crippen molar-refractivity contribution >= 4 is 13.2 Å². The van der Waals surface area contributed by atoms with Crippen LogP contribution in [0.4, 0.5) is 5.69 Å². The van der Waals surface area contributed by atoms with Gasteiger partial charge in [-0.25, -0.2) is 5.09 Å². The summed E-state index contributed by atoms with van der Waals surface area (Å²) in [6.45, 7) is 2.85. The van der Waals surface area contributed by atoms with Crippen molar-refractivity contribution in [3.8, 4) is 0 Å². The van der Waals surface area contributed by atoms with Crippen LogP contribution in [0.2, 0.25) is 0 Å². The van der Waals surface area contributed by atoms with Gasteiger partial charge in [-0.05, 0) is 36.8 Å². The molecule has 2 rings (SSSR count). The molecule has 0 aliphatic carbocycles. The zero-order valence-corrected chi connectivity index (χ0v) is 14.6. The fourth-order valence-electron chi connectivity index (χ4n) is 2.27. The maximum absolute atomic E-state index is 13.0. The number of benzene rings is 1. The quantitative estimate of drug-likeness (QED) is 0.685. The van der Waals surface area contributed by atoms with E-state index in [9.17, 15) is 4.57 Å². The smallest absolute Gasteiger partial charge is 0.274 e. The Morgan fingerprint density at radius 3 is 2.57 bits per heavy atom. The van der Waals surface area contributed by atoms with Gasteiger partial charge in [0, 0.05) is 37.6 Å². The Bertz CT molecular complexity index is 632. The molecule has 23 heavy (non-hydrogen) atoms. The van der Waals surface area contributed by atoms with E-state index in [1.165, 1.54) is 0 Å². The van der Waals surface area contributed by atoms with Gasteiger partial charge in [0.2, 0.25) is 0 Å². The van der Waals surface area contributed by atoms with E-state index in [0.29, 0.717) is 19.3 Å². The minimum absolute atomic E-state index is 0.382. The number of hydrogen-bond donors (Lipinski definition) is 2. The van der Waals surface area contributed by atoms with Gasteiger partial charge >= 0.3 is 0 Å². The van der Waals surface area contributed by atoms with E-state index in [2.05, 4.69) is 15.4 Å².